The van der Waals surface area contributed by atoms with Crippen LogP contribution in [0.2, 0.25) is 0 Å². The van der Waals surface area contributed by atoms with E-state index in [0.717, 1.165) is 12.0 Å². The number of nitrogen functional groups attached to an aromatic ring is 1. The summed E-state index contributed by atoms with van der Waals surface area (Å²) in [4.78, 5) is 0. The maximum atomic E-state index is 5.54. The van der Waals surface area contributed by atoms with Crippen LogP contribution in [0.3, 0.4) is 0 Å². The fraction of sp³-hybridized carbons (Fsp3) is 0.556. The molecule has 1 heterocycles. The zero-order valence-corrected chi connectivity index (χ0v) is 7.83. The van der Waals surface area contributed by atoms with Crippen molar-refractivity contribution in [2.45, 2.75) is 32.6 Å². The Bertz CT molecular complexity index is 268. The SMILES string of the molecule is CCC(C)(C)c1cnnc(N)c1. The van der Waals surface area contributed by atoms with Crippen LogP contribution >= 0.6 is 0 Å². The van der Waals surface area contributed by atoms with Crippen LogP contribution in [-0.2, 0) is 5.41 Å². The van der Waals surface area contributed by atoms with Crippen LogP contribution in [0.4, 0.5) is 5.82 Å². The minimum atomic E-state index is 0.143. The van der Waals surface area contributed by atoms with E-state index in [2.05, 4.69) is 31.0 Å². The summed E-state index contributed by atoms with van der Waals surface area (Å²) < 4.78 is 0. The molecular weight excluding hydrogens is 150 g/mol. The lowest BCUT2D eigenvalue weighted by atomic mass is 9.83. The van der Waals surface area contributed by atoms with Gasteiger partial charge in [-0.1, -0.05) is 20.8 Å². The van der Waals surface area contributed by atoms with Crippen LogP contribution in [-0.4, -0.2) is 10.2 Å². The predicted molar refractivity (Wildman–Crippen MR) is 49.8 cm³/mol. The third-order valence-electron chi connectivity index (χ3n) is 2.34. The second-order valence-corrected chi connectivity index (χ2v) is 3.61. The fourth-order valence-electron chi connectivity index (χ4n) is 0.957. The molecule has 0 bridgehead atoms. The Labute approximate surface area is 73.0 Å². The lowest BCUT2D eigenvalue weighted by Crippen LogP contribution is -2.16. The summed E-state index contributed by atoms with van der Waals surface area (Å²) in [6, 6.07) is 1.89. The third kappa shape index (κ3) is 1.72. The molecule has 0 fully saturated rings. The molecule has 0 atom stereocenters. The monoisotopic (exact) mass is 165 g/mol. The number of nitrogens with zero attached hydrogens (tertiary/aromatic N) is 2. The molecule has 66 valence electrons. The molecule has 0 aromatic carbocycles. The Hall–Kier alpha value is -1.12. The van der Waals surface area contributed by atoms with E-state index in [0.29, 0.717) is 5.82 Å². The Balaban J connectivity index is 3.03. The smallest absolute Gasteiger partial charge is 0.146 e. The van der Waals surface area contributed by atoms with Crippen molar-refractivity contribution in [3.63, 3.8) is 0 Å². The van der Waals surface area contributed by atoms with Gasteiger partial charge in [-0.05, 0) is 23.5 Å². The zero-order valence-electron chi connectivity index (χ0n) is 7.83. The van der Waals surface area contributed by atoms with Crippen molar-refractivity contribution < 1.29 is 0 Å². The number of anilines is 1. The maximum absolute atomic E-state index is 5.54. The molecule has 1 aromatic rings. The van der Waals surface area contributed by atoms with Gasteiger partial charge in [-0.3, -0.25) is 0 Å². The summed E-state index contributed by atoms with van der Waals surface area (Å²) in [6.07, 6.45) is 2.85. The van der Waals surface area contributed by atoms with Gasteiger partial charge in [-0.25, -0.2) is 0 Å². The van der Waals surface area contributed by atoms with Gasteiger partial charge in [0.2, 0.25) is 0 Å². The molecule has 0 radical (unpaired) electrons. The second kappa shape index (κ2) is 3.09. The van der Waals surface area contributed by atoms with E-state index in [4.69, 9.17) is 5.73 Å². The van der Waals surface area contributed by atoms with E-state index in [1.54, 1.807) is 6.20 Å². The third-order valence-corrected chi connectivity index (χ3v) is 2.34. The Morgan fingerprint density at radius 1 is 1.50 bits per heavy atom. The van der Waals surface area contributed by atoms with E-state index >= 15 is 0 Å². The molecule has 1 aromatic heterocycles. The molecule has 1 rings (SSSR count). The van der Waals surface area contributed by atoms with Crippen molar-refractivity contribution in [2.75, 3.05) is 5.73 Å². The summed E-state index contributed by atoms with van der Waals surface area (Å²) in [6.45, 7) is 6.49. The van der Waals surface area contributed by atoms with Crippen molar-refractivity contribution in [3.05, 3.63) is 17.8 Å². The predicted octanol–water partition coefficient (Wildman–Crippen LogP) is 1.75. The van der Waals surface area contributed by atoms with Gasteiger partial charge in [-0.15, -0.1) is 5.10 Å². The van der Waals surface area contributed by atoms with Gasteiger partial charge in [0.05, 0.1) is 6.20 Å². The molecule has 0 unspecified atom stereocenters. The minimum absolute atomic E-state index is 0.143. The molecule has 12 heavy (non-hydrogen) atoms. The molecular formula is C9H15N3. The average molecular weight is 165 g/mol. The highest BCUT2D eigenvalue weighted by Gasteiger charge is 2.18. The van der Waals surface area contributed by atoms with Crippen molar-refractivity contribution >= 4 is 5.82 Å². The van der Waals surface area contributed by atoms with Crippen LogP contribution in [0.15, 0.2) is 12.3 Å². The highest BCUT2D eigenvalue weighted by Crippen LogP contribution is 2.26. The van der Waals surface area contributed by atoms with Crippen LogP contribution in [0.25, 0.3) is 0 Å². The Morgan fingerprint density at radius 3 is 2.67 bits per heavy atom. The molecule has 0 aliphatic carbocycles. The molecule has 0 aliphatic rings. The molecule has 0 amide bonds. The number of rotatable bonds is 2. The maximum Gasteiger partial charge on any atom is 0.146 e. The number of hydrogen-bond donors (Lipinski definition) is 1. The first kappa shape index (κ1) is 8.97. The minimum Gasteiger partial charge on any atom is -0.382 e. The highest BCUT2D eigenvalue weighted by atomic mass is 15.1. The first-order valence-electron chi connectivity index (χ1n) is 4.15. The molecule has 2 N–H and O–H groups in total. The molecule has 0 aliphatic heterocycles. The van der Waals surface area contributed by atoms with E-state index in [-0.39, 0.29) is 5.41 Å². The summed E-state index contributed by atoms with van der Waals surface area (Å²) in [5, 5.41) is 7.54. The Morgan fingerprint density at radius 2 is 2.17 bits per heavy atom. The van der Waals surface area contributed by atoms with Gasteiger partial charge in [0.15, 0.2) is 0 Å². The van der Waals surface area contributed by atoms with Crippen molar-refractivity contribution in [3.8, 4) is 0 Å². The Kier molecular flexibility index (Phi) is 2.31. The van der Waals surface area contributed by atoms with Crippen LogP contribution in [0.5, 0.6) is 0 Å². The summed E-state index contributed by atoms with van der Waals surface area (Å²) >= 11 is 0. The van der Waals surface area contributed by atoms with Gasteiger partial charge in [0.25, 0.3) is 0 Å². The average Bonchev–Trinajstić information content (AvgIpc) is 2.05. The van der Waals surface area contributed by atoms with Crippen molar-refractivity contribution in [1.82, 2.24) is 10.2 Å². The highest BCUT2D eigenvalue weighted by molar-refractivity contribution is 5.33. The summed E-state index contributed by atoms with van der Waals surface area (Å²) in [5.41, 5.74) is 6.83. The number of nitrogens with two attached hydrogens (primary N) is 1. The van der Waals surface area contributed by atoms with Gasteiger partial charge < -0.3 is 5.73 Å². The van der Waals surface area contributed by atoms with Gasteiger partial charge in [0.1, 0.15) is 5.82 Å². The quantitative estimate of drug-likeness (QED) is 0.726. The largest absolute Gasteiger partial charge is 0.382 e. The second-order valence-electron chi connectivity index (χ2n) is 3.61. The van der Waals surface area contributed by atoms with Crippen LogP contribution in [0.1, 0.15) is 32.8 Å². The van der Waals surface area contributed by atoms with Gasteiger partial charge >= 0.3 is 0 Å². The van der Waals surface area contributed by atoms with Gasteiger partial charge in [-0.2, -0.15) is 5.10 Å². The number of aromatic nitrogens is 2. The lowest BCUT2D eigenvalue weighted by Gasteiger charge is -2.22. The first-order valence-corrected chi connectivity index (χ1v) is 4.15. The van der Waals surface area contributed by atoms with Crippen LogP contribution in [0, 0.1) is 0 Å². The molecule has 0 spiro atoms. The molecule has 3 heteroatoms. The molecule has 0 saturated carbocycles. The van der Waals surface area contributed by atoms with Crippen molar-refractivity contribution in [1.29, 1.82) is 0 Å². The summed E-state index contributed by atoms with van der Waals surface area (Å²) in [7, 11) is 0. The van der Waals surface area contributed by atoms with E-state index in [9.17, 15) is 0 Å². The zero-order chi connectivity index (χ0) is 9.19. The summed E-state index contributed by atoms with van der Waals surface area (Å²) in [5.74, 6) is 0.494. The molecule has 0 saturated heterocycles. The normalized spacial score (nSPS) is 11.6. The van der Waals surface area contributed by atoms with Crippen molar-refractivity contribution in [2.24, 2.45) is 0 Å². The number of hydrogen-bond acceptors (Lipinski definition) is 3. The van der Waals surface area contributed by atoms with Gasteiger partial charge in [0, 0.05) is 0 Å². The van der Waals surface area contributed by atoms with E-state index < -0.39 is 0 Å². The standard InChI is InChI=1S/C9H15N3/c1-4-9(2,3)7-5-8(10)12-11-6-7/h5-6H,4H2,1-3H3,(H2,10,12). The lowest BCUT2D eigenvalue weighted by molar-refractivity contribution is 0.503. The fourth-order valence-corrected chi connectivity index (χ4v) is 0.957. The van der Waals surface area contributed by atoms with E-state index in [1.807, 2.05) is 6.07 Å². The molecule has 3 nitrogen and oxygen atoms in total. The topological polar surface area (TPSA) is 51.8 Å². The van der Waals surface area contributed by atoms with Crippen LogP contribution < -0.4 is 5.73 Å². The van der Waals surface area contributed by atoms with E-state index in [1.165, 1.54) is 0 Å². The first-order chi connectivity index (χ1) is 5.56.